The first kappa shape index (κ1) is 18.4. The molecule has 0 saturated heterocycles. The SMILES string of the molecule is CC[S+](CC)c1ccc(O)cc1.F[P-](F)(F)(F)(F)F. The third kappa shape index (κ3) is 13.6. The van der Waals surface area contributed by atoms with E-state index in [1.54, 1.807) is 12.1 Å². The van der Waals surface area contributed by atoms with Crippen LogP contribution >= 0.6 is 7.81 Å². The zero-order valence-corrected chi connectivity index (χ0v) is 12.0. The Hall–Kier alpha value is -0.620. The number of phenolic OH excluding ortho intramolecular Hbond substituents is 1. The van der Waals surface area contributed by atoms with Gasteiger partial charge >= 0.3 is 33.0 Å². The van der Waals surface area contributed by atoms with Crippen molar-refractivity contribution in [2.24, 2.45) is 0 Å². The number of phenols is 1. The quantitative estimate of drug-likeness (QED) is 0.423. The van der Waals surface area contributed by atoms with E-state index >= 15 is 0 Å². The Morgan fingerprint density at radius 3 is 1.47 bits per heavy atom. The van der Waals surface area contributed by atoms with Crippen LogP contribution < -0.4 is 0 Å². The molecule has 1 aromatic rings. The molecular weight excluding hydrogens is 313 g/mol. The van der Waals surface area contributed by atoms with Crippen molar-refractivity contribution >= 4 is 18.7 Å². The normalized spacial score (nSPS) is 15.2. The minimum absolute atomic E-state index is 0.356. The topological polar surface area (TPSA) is 20.2 Å². The molecule has 0 bridgehead atoms. The van der Waals surface area contributed by atoms with Gasteiger partial charge in [0.25, 0.3) is 0 Å². The van der Waals surface area contributed by atoms with Crippen molar-refractivity contribution in [1.82, 2.24) is 0 Å². The van der Waals surface area contributed by atoms with Crippen LogP contribution in [0.25, 0.3) is 0 Å². The van der Waals surface area contributed by atoms with E-state index in [0.29, 0.717) is 16.6 Å². The van der Waals surface area contributed by atoms with Crippen molar-refractivity contribution in [1.29, 1.82) is 0 Å². The van der Waals surface area contributed by atoms with E-state index in [9.17, 15) is 25.2 Å². The summed E-state index contributed by atoms with van der Waals surface area (Å²) >= 11 is 0. The minimum atomic E-state index is -10.7. The second-order valence-corrected chi connectivity index (χ2v) is 8.05. The zero-order chi connectivity index (χ0) is 15.4. The fourth-order valence-corrected chi connectivity index (χ4v) is 2.77. The fourth-order valence-electron chi connectivity index (χ4n) is 1.18. The molecule has 0 aliphatic rings. The Kier molecular flexibility index (Phi) is 5.23. The van der Waals surface area contributed by atoms with Crippen LogP contribution in [0.2, 0.25) is 0 Å². The van der Waals surface area contributed by atoms with Crippen LogP contribution in [0.4, 0.5) is 25.2 Å². The molecule has 0 fully saturated rings. The number of hydrogen-bond donors (Lipinski definition) is 1. The van der Waals surface area contributed by atoms with Crippen LogP contribution in [0, 0.1) is 0 Å². The molecule has 9 heteroatoms. The Morgan fingerprint density at radius 2 is 1.21 bits per heavy atom. The molecule has 19 heavy (non-hydrogen) atoms. The van der Waals surface area contributed by atoms with E-state index in [4.69, 9.17) is 5.11 Å². The van der Waals surface area contributed by atoms with E-state index in [0.717, 1.165) is 0 Å². The summed E-state index contributed by atoms with van der Waals surface area (Å²) in [6, 6.07) is 7.57. The first-order valence-electron chi connectivity index (χ1n) is 5.25. The van der Waals surface area contributed by atoms with Crippen LogP contribution in [-0.2, 0) is 10.9 Å². The monoisotopic (exact) mass is 328 g/mol. The van der Waals surface area contributed by atoms with Gasteiger partial charge in [-0.1, -0.05) is 0 Å². The van der Waals surface area contributed by atoms with Gasteiger partial charge in [-0.3, -0.25) is 0 Å². The molecule has 1 N–H and O–H groups in total. The van der Waals surface area contributed by atoms with Gasteiger partial charge in [0.1, 0.15) is 17.3 Å². The maximum atomic E-state index is 9.87. The van der Waals surface area contributed by atoms with Crippen molar-refractivity contribution in [2.75, 3.05) is 11.5 Å². The van der Waals surface area contributed by atoms with Gasteiger partial charge in [-0.2, -0.15) is 0 Å². The summed E-state index contributed by atoms with van der Waals surface area (Å²) in [7, 11) is -10.3. The van der Waals surface area contributed by atoms with Gasteiger partial charge in [-0.15, -0.1) is 0 Å². The Bertz CT molecular complexity index is 386. The molecule has 0 amide bonds. The fraction of sp³-hybridized carbons (Fsp3) is 0.400. The molecule has 1 nitrogen and oxygen atoms in total. The van der Waals surface area contributed by atoms with Crippen molar-refractivity contribution < 1.29 is 30.3 Å². The second kappa shape index (κ2) is 5.40. The van der Waals surface area contributed by atoms with E-state index in [2.05, 4.69) is 13.8 Å². The number of hydrogen-bond acceptors (Lipinski definition) is 1. The molecule has 0 heterocycles. The average Bonchev–Trinajstić information content (AvgIpc) is 2.18. The van der Waals surface area contributed by atoms with Gasteiger partial charge < -0.3 is 5.11 Å². The molecule has 0 spiro atoms. The van der Waals surface area contributed by atoms with E-state index in [1.165, 1.54) is 16.4 Å². The van der Waals surface area contributed by atoms with Crippen molar-refractivity contribution in [3.8, 4) is 5.75 Å². The number of rotatable bonds is 3. The van der Waals surface area contributed by atoms with Crippen LogP contribution in [0.5, 0.6) is 5.75 Å². The van der Waals surface area contributed by atoms with Crippen LogP contribution in [0.15, 0.2) is 29.2 Å². The van der Waals surface area contributed by atoms with E-state index in [1.807, 2.05) is 12.1 Å². The molecule has 0 aliphatic heterocycles. The van der Waals surface area contributed by atoms with Crippen molar-refractivity contribution in [3.05, 3.63) is 24.3 Å². The predicted octanol–water partition coefficient (Wildman–Crippen LogP) is 5.79. The Morgan fingerprint density at radius 1 is 0.895 bits per heavy atom. The summed E-state index contributed by atoms with van der Waals surface area (Å²) < 4.78 is 59.2. The van der Waals surface area contributed by atoms with Gasteiger partial charge in [0.15, 0.2) is 4.90 Å². The third-order valence-corrected chi connectivity index (χ3v) is 4.20. The average molecular weight is 328 g/mol. The molecular formula is C10H15F6OPS. The summed E-state index contributed by atoms with van der Waals surface area (Å²) in [5, 5.41) is 9.09. The predicted molar refractivity (Wildman–Crippen MR) is 68.4 cm³/mol. The number of benzene rings is 1. The molecule has 1 aromatic carbocycles. The summed E-state index contributed by atoms with van der Waals surface area (Å²) in [5.74, 6) is 2.75. The first-order chi connectivity index (χ1) is 8.22. The van der Waals surface area contributed by atoms with Crippen LogP contribution in [0.1, 0.15) is 13.8 Å². The number of halogens is 6. The third-order valence-electron chi connectivity index (χ3n) is 1.87. The molecule has 0 atom stereocenters. The van der Waals surface area contributed by atoms with Crippen molar-refractivity contribution in [3.63, 3.8) is 0 Å². The van der Waals surface area contributed by atoms with Gasteiger partial charge in [-0.05, 0) is 38.1 Å². The first-order valence-corrected chi connectivity index (χ1v) is 8.85. The summed E-state index contributed by atoms with van der Waals surface area (Å²) in [6.07, 6.45) is 0. The molecule has 0 radical (unpaired) electrons. The summed E-state index contributed by atoms with van der Waals surface area (Å²) in [5.41, 5.74) is 0. The van der Waals surface area contributed by atoms with Gasteiger partial charge in [0.05, 0.1) is 0 Å². The van der Waals surface area contributed by atoms with Crippen molar-refractivity contribution in [2.45, 2.75) is 18.7 Å². The molecule has 0 saturated carbocycles. The summed E-state index contributed by atoms with van der Waals surface area (Å²) in [6.45, 7) is 4.42. The van der Waals surface area contributed by atoms with Crippen LogP contribution in [0.3, 0.4) is 0 Å². The maximum absolute atomic E-state index is 10.7. The van der Waals surface area contributed by atoms with E-state index in [-0.39, 0.29) is 0 Å². The zero-order valence-electron chi connectivity index (χ0n) is 10.3. The molecule has 0 aromatic heterocycles. The molecule has 0 unspecified atom stereocenters. The second-order valence-electron chi connectivity index (χ2n) is 3.52. The number of aromatic hydroxyl groups is 1. The van der Waals surface area contributed by atoms with Gasteiger partial charge in [0, 0.05) is 10.9 Å². The molecule has 0 aliphatic carbocycles. The Labute approximate surface area is 110 Å². The Balaban J connectivity index is 0.000000399. The molecule has 1 rings (SSSR count). The molecule has 114 valence electrons. The van der Waals surface area contributed by atoms with E-state index < -0.39 is 7.81 Å². The van der Waals surface area contributed by atoms with Gasteiger partial charge in [-0.25, -0.2) is 0 Å². The summed E-state index contributed by atoms with van der Waals surface area (Å²) in [4.78, 5) is 1.36. The standard InChI is InChI=1S/C10H14OS.F6P/c1-3-12(4-2)10-7-5-9(11)6-8-10;1-7(2,3,4,5)6/h5-8H,3-4H2,1-2H3;/q;-1/p+1. The van der Waals surface area contributed by atoms with Gasteiger partial charge in [0.2, 0.25) is 0 Å². The van der Waals surface area contributed by atoms with Crippen LogP contribution in [-0.4, -0.2) is 16.6 Å².